The molecule has 0 heterocycles. The fourth-order valence-electron chi connectivity index (χ4n) is 8.59. The zero-order valence-electron chi connectivity index (χ0n) is 19.3. The lowest BCUT2D eigenvalue weighted by atomic mass is 9.46. The first-order valence-electron chi connectivity index (χ1n) is 12.7. The van der Waals surface area contributed by atoms with E-state index in [1.807, 2.05) is 0 Å². The molecule has 8 atom stereocenters. The van der Waals surface area contributed by atoms with Crippen molar-refractivity contribution < 1.29 is 9.90 Å². The summed E-state index contributed by atoms with van der Waals surface area (Å²) >= 11 is 0. The summed E-state index contributed by atoms with van der Waals surface area (Å²) in [4.78, 5) is 12.5. The quantitative estimate of drug-likeness (QED) is 0.404. The first kappa shape index (κ1) is 21.6. The highest BCUT2D eigenvalue weighted by molar-refractivity contribution is 5.67. The Morgan fingerprint density at radius 3 is 2.62 bits per heavy atom. The van der Waals surface area contributed by atoms with Crippen LogP contribution in [-0.4, -0.2) is 17.5 Å². The third-order valence-corrected chi connectivity index (χ3v) is 10.1. The van der Waals surface area contributed by atoms with Gasteiger partial charge in [0.15, 0.2) is 0 Å². The van der Waals surface area contributed by atoms with Gasteiger partial charge in [-0.2, -0.15) is 0 Å². The lowest BCUT2D eigenvalue weighted by Gasteiger charge is -2.57. The predicted octanol–water partition coefficient (Wildman–Crippen LogP) is 6.57. The summed E-state index contributed by atoms with van der Waals surface area (Å²) < 4.78 is 0. The van der Waals surface area contributed by atoms with Crippen molar-refractivity contribution >= 4 is 6.29 Å². The molecule has 29 heavy (non-hydrogen) atoms. The minimum absolute atomic E-state index is 0.234. The summed E-state index contributed by atoms with van der Waals surface area (Å²) in [6.07, 6.45) is 16.5. The summed E-state index contributed by atoms with van der Waals surface area (Å²) in [5.41, 5.74) is 1.51. The van der Waals surface area contributed by atoms with Gasteiger partial charge in [0, 0.05) is 0 Å². The number of hydrogen-bond acceptors (Lipinski definition) is 2. The third-order valence-electron chi connectivity index (χ3n) is 10.1. The molecule has 0 aromatic heterocycles. The zero-order valence-corrected chi connectivity index (χ0v) is 19.3. The van der Waals surface area contributed by atoms with Crippen LogP contribution in [0.1, 0.15) is 98.3 Å². The van der Waals surface area contributed by atoms with Crippen molar-refractivity contribution in [1.29, 1.82) is 0 Å². The Kier molecular flexibility index (Phi) is 6.06. The number of carbonyl (C=O) groups excluding carboxylic acids is 1. The highest BCUT2D eigenvalue weighted by atomic mass is 16.3. The Bertz CT molecular complexity index is 636. The summed E-state index contributed by atoms with van der Waals surface area (Å²) in [5, 5.41) is 10.2. The van der Waals surface area contributed by atoms with Gasteiger partial charge in [-0.1, -0.05) is 58.6 Å². The normalized spacial score (nSPS) is 45.2. The molecule has 2 heteroatoms. The second kappa shape index (κ2) is 8.13. The van der Waals surface area contributed by atoms with Crippen molar-refractivity contribution in [2.24, 2.45) is 46.3 Å². The number of aliphatic hydroxyl groups excluding tert-OH is 1. The predicted molar refractivity (Wildman–Crippen MR) is 119 cm³/mol. The summed E-state index contributed by atoms with van der Waals surface area (Å²) in [6, 6.07) is 0. The second-order valence-electron chi connectivity index (χ2n) is 11.9. The van der Waals surface area contributed by atoms with Gasteiger partial charge in [0.05, 0.1) is 11.5 Å². The Balaban J connectivity index is 1.52. The molecule has 0 saturated heterocycles. The van der Waals surface area contributed by atoms with E-state index in [2.05, 4.69) is 33.8 Å². The van der Waals surface area contributed by atoms with Gasteiger partial charge >= 0.3 is 0 Å². The van der Waals surface area contributed by atoms with E-state index in [4.69, 9.17) is 0 Å². The fourth-order valence-corrected chi connectivity index (χ4v) is 8.59. The van der Waals surface area contributed by atoms with Crippen LogP contribution in [0.4, 0.5) is 0 Å². The molecule has 0 aromatic carbocycles. The van der Waals surface area contributed by atoms with Crippen LogP contribution in [0, 0.1) is 46.3 Å². The number of allylic oxidation sites excluding steroid dienone is 1. The van der Waals surface area contributed by atoms with E-state index in [0.717, 1.165) is 49.4 Å². The van der Waals surface area contributed by atoms with Gasteiger partial charge < -0.3 is 9.90 Å². The Labute approximate surface area is 178 Å². The minimum atomic E-state index is -0.246. The number of aldehydes is 1. The van der Waals surface area contributed by atoms with E-state index in [1.165, 1.54) is 56.8 Å². The summed E-state index contributed by atoms with van der Waals surface area (Å²) in [5.74, 6) is 4.53. The van der Waals surface area contributed by atoms with Crippen LogP contribution in [0.3, 0.4) is 0 Å². The SMILES string of the molecule is CC(C)CCC[C@H](C)[C@@H]1CC[C@@H]2[C@@H]3CC=C4C[C@@H](O)CC[C@]4(C=O)[C@@H]3CC[C@@]21C. The van der Waals surface area contributed by atoms with Crippen molar-refractivity contribution in [2.75, 3.05) is 0 Å². The second-order valence-corrected chi connectivity index (χ2v) is 11.9. The lowest BCUT2D eigenvalue weighted by Crippen LogP contribution is -2.52. The maximum absolute atomic E-state index is 12.5. The van der Waals surface area contributed by atoms with E-state index < -0.39 is 0 Å². The molecule has 1 N–H and O–H groups in total. The van der Waals surface area contributed by atoms with E-state index in [-0.39, 0.29) is 11.5 Å². The Hall–Kier alpha value is -0.630. The number of fused-ring (bicyclic) bond motifs is 5. The van der Waals surface area contributed by atoms with Crippen LogP contribution in [0.2, 0.25) is 0 Å². The number of rotatable bonds is 6. The molecule has 164 valence electrons. The van der Waals surface area contributed by atoms with Gasteiger partial charge in [0.25, 0.3) is 0 Å². The zero-order chi connectivity index (χ0) is 20.8. The molecule has 3 fully saturated rings. The van der Waals surface area contributed by atoms with Gasteiger partial charge in [-0.25, -0.2) is 0 Å². The largest absolute Gasteiger partial charge is 0.393 e. The average molecular weight is 401 g/mol. The van der Waals surface area contributed by atoms with Gasteiger partial charge in [0.1, 0.15) is 6.29 Å². The van der Waals surface area contributed by atoms with E-state index in [0.29, 0.717) is 17.3 Å². The molecule has 0 radical (unpaired) electrons. The first-order chi connectivity index (χ1) is 13.8. The highest BCUT2D eigenvalue weighted by Crippen LogP contribution is 2.67. The van der Waals surface area contributed by atoms with E-state index >= 15 is 0 Å². The molecule has 0 bridgehead atoms. The third kappa shape index (κ3) is 3.56. The molecule has 2 nitrogen and oxygen atoms in total. The Morgan fingerprint density at radius 1 is 1.10 bits per heavy atom. The smallest absolute Gasteiger partial charge is 0.130 e. The maximum Gasteiger partial charge on any atom is 0.130 e. The molecular weight excluding hydrogens is 356 g/mol. The molecule has 4 rings (SSSR count). The highest BCUT2D eigenvalue weighted by Gasteiger charge is 2.60. The average Bonchev–Trinajstić information content (AvgIpc) is 3.04. The van der Waals surface area contributed by atoms with Crippen LogP contribution >= 0.6 is 0 Å². The van der Waals surface area contributed by atoms with Crippen molar-refractivity contribution in [2.45, 2.75) is 104 Å². The molecule has 3 saturated carbocycles. The molecule has 0 aromatic rings. The van der Waals surface area contributed by atoms with Crippen molar-refractivity contribution in [3.8, 4) is 0 Å². The van der Waals surface area contributed by atoms with Crippen LogP contribution in [0.5, 0.6) is 0 Å². The fraction of sp³-hybridized carbons (Fsp3) is 0.889. The summed E-state index contributed by atoms with van der Waals surface area (Å²) in [6.45, 7) is 9.83. The van der Waals surface area contributed by atoms with Crippen molar-refractivity contribution in [3.63, 3.8) is 0 Å². The summed E-state index contributed by atoms with van der Waals surface area (Å²) in [7, 11) is 0. The van der Waals surface area contributed by atoms with E-state index in [9.17, 15) is 9.90 Å². The molecule has 0 spiro atoms. The minimum Gasteiger partial charge on any atom is -0.393 e. The van der Waals surface area contributed by atoms with Crippen LogP contribution < -0.4 is 0 Å². The molecule has 0 unspecified atom stereocenters. The van der Waals surface area contributed by atoms with Gasteiger partial charge in [-0.05, 0) is 92.3 Å². The van der Waals surface area contributed by atoms with Crippen LogP contribution in [-0.2, 0) is 4.79 Å². The topological polar surface area (TPSA) is 37.3 Å². The number of carbonyl (C=O) groups is 1. The van der Waals surface area contributed by atoms with Crippen molar-refractivity contribution in [1.82, 2.24) is 0 Å². The monoisotopic (exact) mass is 400 g/mol. The van der Waals surface area contributed by atoms with Crippen LogP contribution in [0.25, 0.3) is 0 Å². The number of aliphatic hydroxyl groups is 1. The van der Waals surface area contributed by atoms with Gasteiger partial charge in [-0.15, -0.1) is 0 Å². The number of hydrogen-bond donors (Lipinski definition) is 1. The molecule has 0 aliphatic heterocycles. The van der Waals surface area contributed by atoms with Crippen LogP contribution in [0.15, 0.2) is 11.6 Å². The first-order valence-corrected chi connectivity index (χ1v) is 12.7. The van der Waals surface area contributed by atoms with Gasteiger partial charge in [0.2, 0.25) is 0 Å². The molecule has 4 aliphatic carbocycles. The van der Waals surface area contributed by atoms with Crippen molar-refractivity contribution in [3.05, 3.63) is 11.6 Å². The molecular formula is C27H44O2. The molecule has 4 aliphatic rings. The van der Waals surface area contributed by atoms with E-state index in [1.54, 1.807) is 0 Å². The van der Waals surface area contributed by atoms with Gasteiger partial charge in [-0.3, -0.25) is 0 Å². The standard InChI is InChI=1S/C27H44O2/c1-18(2)6-5-7-19(3)23-10-11-24-22-9-8-20-16-21(29)12-15-27(20,17-28)25(22)13-14-26(23,24)4/h8,17-19,21-25,29H,5-7,9-16H2,1-4H3/t19-,21-,22-,23-,24+,25+,26+,27+/m0/s1. The lowest BCUT2D eigenvalue weighted by molar-refractivity contribution is -0.127. The Morgan fingerprint density at radius 2 is 1.90 bits per heavy atom. The molecule has 0 amide bonds. The maximum atomic E-state index is 12.5.